The molecule has 41 heavy (non-hydrogen) atoms. The van der Waals surface area contributed by atoms with Crippen LogP contribution >= 0.6 is 11.3 Å². The first kappa shape index (κ1) is 28.8. The average molecular weight is 596 g/mol. The summed E-state index contributed by atoms with van der Waals surface area (Å²) in [7, 11) is -0.727. The Morgan fingerprint density at radius 1 is 0.976 bits per heavy atom. The van der Waals surface area contributed by atoms with Crippen LogP contribution in [-0.2, 0) is 29.4 Å². The molecule has 2 aliphatic rings. The van der Waals surface area contributed by atoms with Crippen LogP contribution in [0.1, 0.15) is 50.1 Å². The van der Waals surface area contributed by atoms with E-state index in [0.717, 1.165) is 41.9 Å². The summed E-state index contributed by atoms with van der Waals surface area (Å²) in [5, 5.41) is 5.61. The van der Waals surface area contributed by atoms with E-state index in [2.05, 4.69) is 22.5 Å². The van der Waals surface area contributed by atoms with Gasteiger partial charge in [-0.1, -0.05) is 25.1 Å². The summed E-state index contributed by atoms with van der Waals surface area (Å²) < 4.78 is 28.4. The number of para-hydroxylation sites is 1. The summed E-state index contributed by atoms with van der Waals surface area (Å²) >= 11 is 1.33. The fourth-order valence-corrected chi connectivity index (χ4v) is 7.98. The molecule has 0 radical (unpaired) electrons. The van der Waals surface area contributed by atoms with E-state index in [9.17, 15) is 22.8 Å². The third kappa shape index (κ3) is 5.72. The number of amides is 4. The standard InChI is InChI=1S/C29H33N5O5S2/c1-4-33-17-15-22-24(18-33)40-28(25(22)27(36)31-29(37)32(2)3)30-26(35)20-11-13-21(14-12-20)41(38,39)34-16-7-9-19-8-5-6-10-23(19)34/h5-6,8,10-14H,4,7,9,15-18H2,1-3H3,(H,30,35)(H,31,36,37). The van der Waals surface area contributed by atoms with E-state index in [1.54, 1.807) is 14.1 Å². The first-order chi connectivity index (χ1) is 19.6. The Morgan fingerprint density at radius 2 is 1.71 bits per heavy atom. The van der Waals surface area contributed by atoms with Gasteiger partial charge in [0, 0.05) is 44.2 Å². The minimum atomic E-state index is -3.81. The smallest absolute Gasteiger partial charge is 0.323 e. The maximum absolute atomic E-state index is 13.5. The van der Waals surface area contributed by atoms with Gasteiger partial charge in [-0.3, -0.25) is 24.1 Å². The first-order valence-corrected chi connectivity index (χ1v) is 15.8. The van der Waals surface area contributed by atoms with Gasteiger partial charge in [-0.15, -0.1) is 11.3 Å². The van der Waals surface area contributed by atoms with Crippen LogP contribution in [0.2, 0.25) is 0 Å². The van der Waals surface area contributed by atoms with Crippen molar-refractivity contribution in [2.45, 2.75) is 37.6 Å². The molecule has 0 saturated heterocycles. The van der Waals surface area contributed by atoms with Crippen LogP contribution in [0.5, 0.6) is 0 Å². The fraction of sp³-hybridized carbons (Fsp3) is 0.345. The number of nitrogens with zero attached hydrogens (tertiary/aromatic N) is 3. The van der Waals surface area contributed by atoms with E-state index >= 15 is 0 Å². The Balaban J connectivity index is 1.39. The highest BCUT2D eigenvalue weighted by atomic mass is 32.2. The van der Waals surface area contributed by atoms with Crippen molar-refractivity contribution < 1.29 is 22.8 Å². The molecular weight excluding hydrogens is 562 g/mol. The van der Waals surface area contributed by atoms with E-state index in [-0.39, 0.29) is 10.5 Å². The minimum absolute atomic E-state index is 0.0965. The van der Waals surface area contributed by atoms with Crippen molar-refractivity contribution in [3.63, 3.8) is 0 Å². The van der Waals surface area contributed by atoms with Gasteiger partial charge in [-0.2, -0.15) is 0 Å². The highest BCUT2D eigenvalue weighted by molar-refractivity contribution is 7.92. The van der Waals surface area contributed by atoms with Gasteiger partial charge in [0.2, 0.25) is 0 Å². The number of benzene rings is 2. The lowest BCUT2D eigenvalue weighted by atomic mass is 10.0. The highest BCUT2D eigenvalue weighted by Crippen LogP contribution is 2.38. The summed E-state index contributed by atoms with van der Waals surface area (Å²) in [6, 6.07) is 12.7. The number of anilines is 2. The molecule has 3 aromatic rings. The largest absolute Gasteiger partial charge is 0.331 e. The Hall–Kier alpha value is -3.74. The normalized spacial score (nSPS) is 15.0. The number of fused-ring (bicyclic) bond motifs is 2. The molecule has 0 bridgehead atoms. The summed E-state index contributed by atoms with van der Waals surface area (Å²) in [6.07, 6.45) is 2.18. The zero-order valence-corrected chi connectivity index (χ0v) is 24.9. The molecule has 5 rings (SSSR count). The number of rotatable bonds is 6. The third-order valence-electron chi connectivity index (χ3n) is 7.44. The molecular formula is C29H33N5O5S2. The topological polar surface area (TPSA) is 119 Å². The second kappa shape index (κ2) is 11.6. The zero-order valence-electron chi connectivity index (χ0n) is 23.3. The van der Waals surface area contributed by atoms with Gasteiger partial charge in [0.05, 0.1) is 16.1 Å². The molecule has 0 spiro atoms. The average Bonchev–Trinajstić information content (AvgIpc) is 3.33. The maximum atomic E-state index is 13.5. The Morgan fingerprint density at radius 3 is 2.41 bits per heavy atom. The van der Waals surface area contributed by atoms with Gasteiger partial charge < -0.3 is 10.2 Å². The van der Waals surface area contributed by atoms with E-state index in [1.165, 1.54) is 44.8 Å². The highest BCUT2D eigenvalue weighted by Gasteiger charge is 2.31. The number of likely N-dealkylation sites (N-methyl/N-ethyl adjacent to an activating group) is 1. The Labute approximate surface area is 244 Å². The van der Waals surface area contributed by atoms with E-state index in [1.807, 2.05) is 24.3 Å². The number of hydrogen-bond acceptors (Lipinski definition) is 7. The van der Waals surface area contributed by atoms with Gasteiger partial charge in [0.25, 0.3) is 21.8 Å². The van der Waals surface area contributed by atoms with Crippen LogP contribution in [-0.4, -0.2) is 69.8 Å². The Kier molecular flexibility index (Phi) is 8.16. The molecule has 12 heteroatoms. The molecule has 0 fully saturated rings. The lowest BCUT2D eigenvalue weighted by Gasteiger charge is -2.30. The van der Waals surface area contributed by atoms with Gasteiger partial charge >= 0.3 is 6.03 Å². The molecule has 216 valence electrons. The van der Waals surface area contributed by atoms with Crippen molar-refractivity contribution in [3.8, 4) is 0 Å². The van der Waals surface area contributed by atoms with Crippen molar-refractivity contribution in [2.24, 2.45) is 0 Å². The summed E-state index contributed by atoms with van der Waals surface area (Å²) in [4.78, 5) is 43.3. The van der Waals surface area contributed by atoms with E-state index in [0.29, 0.717) is 35.8 Å². The number of thiophene rings is 1. The molecule has 4 amide bonds. The monoisotopic (exact) mass is 595 g/mol. The lowest BCUT2D eigenvalue weighted by Crippen LogP contribution is -2.39. The van der Waals surface area contributed by atoms with Crippen LogP contribution in [0.15, 0.2) is 53.4 Å². The quantitative estimate of drug-likeness (QED) is 0.446. The van der Waals surface area contributed by atoms with Crippen molar-refractivity contribution in [2.75, 3.05) is 43.4 Å². The number of urea groups is 1. The van der Waals surface area contributed by atoms with Gasteiger partial charge in [-0.25, -0.2) is 13.2 Å². The lowest BCUT2D eigenvalue weighted by molar-refractivity contribution is 0.0956. The van der Waals surface area contributed by atoms with E-state index in [4.69, 9.17) is 0 Å². The van der Waals surface area contributed by atoms with Crippen molar-refractivity contribution in [3.05, 3.63) is 75.7 Å². The number of hydrogen-bond donors (Lipinski definition) is 2. The molecule has 10 nitrogen and oxygen atoms in total. The first-order valence-electron chi connectivity index (χ1n) is 13.5. The Bertz CT molecular complexity index is 1600. The molecule has 2 aliphatic heterocycles. The van der Waals surface area contributed by atoms with Crippen molar-refractivity contribution in [1.29, 1.82) is 0 Å². The van der Waals surface area contributed by atoms with Gasteiger partial charge in [0.1, 0.15) is 5.00 Å². The van der Waals surface area contributed by atoms with Crippen LogP contribution in [0.4, 0.5) is 15.5 Å². The molecule has 0 aliphatic carbocycles. The maximum Gasteiger partial charge on any atom is 0.323 e. The number of aryl methyl sites for hydroxylation is 1. The number of nitrogens with one attached hydrogen (secondary N) is 2. The third-order valence-corrected chi connectivity index (χ3v) is 10.4. The molecule has 2 aromatic carbocycles. The SMILES string of the molecule is CCN1CCc2c(sc(NC(=O)c3ccc(S(=O)(=O)N4CCCc5ccccc54)cc3)c2C(=O)NC(=O)N(C)C)C1. The van der Waals surface area contributed by atoms with Gasteiger partial charge in [-0.05, 0) is 67.3 Å². The summed E-state index contributed by atoms with van der Waals surface area (Å²) in [5.74, 6) is -1.04. The van der Waals surface area contributed by atoms with Gasteiger partial charge in [0.15, 0.2) is 0 Å². The number of sulfonamides is 1. The molecule has 0 unspecified atom stereocenters. The minimum Gasteiger partial charge on any atom is -0.331 e. The number of imide groups is 1. The summed E-state index contributed by atoms with van der Waals surface area (Å²) in [6.45, 7) is 4.74. The number of carbonyl (C=O) groups excluding carboxylic acids is 3. The summed E-state index contributed by atoms with van der Waals surface area (Å²) in [5.41, 5.74) is 3.06. The second-order valence-electron chi connectivity index (χ2n) is 10.3. The predicted octanol–water partition coefficient (Wildman–Crippen LogP) is 3.93. The van der Waals surface area contributed by atoms with Crippen molar-refractivity contribution in [1.82, 2.24) is 15.1 Å². The fourth-order valence-electron chi connectivity index (χ4n) is 5.16. The second-order valence-corrected chi connectivity index (χ2v) is 13.2. The molecule has 2 N–H and O–H groups in total. The molecule has 0 atom stereocenters. The van der Waals surface area contributed by atoms with Crippen LogP contribution in [0, 0.1) is 0 Å². The van der Waals surface area contributed by atoms with E-state index < -0.39 is 27.9 Å². The molecule has 3 heterocycles. The predicted molar refractivity (Wildman–Crippen MR) is 159 cm³/mol. The molecule has 1 aromatic heterocycles. The zero-order chi connectivity index (χ0) is 29.3. The van der Waals surface area contributed by atoms with Crippen molar-refractivity contribution >= 4 is 49.9 Å². The molecule has 0 saturated carbocycles. The van der Waals surface area contributed by atoms with Crippen LogP contribution in [0.3, 0.4) is 0 Å². The number of carbonyl (C=O) groups is 3. The van der Waals surface area contributed by atoms with Crippen LogP contribution in [0.25, 0.3) is 0 Å². The van der Waals surface area contributed by atoms with Crippen LogP contribution < -0.4 is 14.9 Å².